The van der Waals surface area contributed by atoms with E-state index >= 15 is 0 Å². The molecule has 1 aliphatic carbocycles. The fourth-order valence-corrected chi connectivity index (χ4v) is 5.70. The Morgan fingerprint density at radius 3 is 2.23 bits per heavy atom. The van der Waals surface area contributed by atoms with Crippen molar-refractivity contribution in [3.05, 3.63) is 90.3 Å². The van der Waals surface area contributed by atoms with E-state index in [1.54, 1.807) is 6.20 Å². The van der Waals surface area contributed by atoms with E-state index in [0.29, 0.717) is 25.0 Å². The molecule has 39 heavy (non-hydrogen) atoms. The van der Waals surface area contributed by atoms with Crippen molar-refractivity contribution in [2.24, 2.45) is 13.0 Å². The van der Waals surface area contributed by atoms with Crippen molar-refractivity contribution in [1.82, 2.24) is 25.1 Å². The minimum Gasteiger partial charge on any atom is -0.480 e. The second kappa shape index (κ2) is 14.3. The Morgan fingerprint density at radius 2 is 1.62 bits per heavy atom. The smallest absolute Gasteiger partial charge is 0.317 e. The Morgan fingerprint density at radius 1 is 0.949 bits per heavy atom. The quantitative estimate of drug-likeness (QED) is 0.327. The van der Waals surface area contributed by atoms with Gasteiger partial charge in [-0.2, -0.15) is 0 Å². The molecular formula is C31H43N6O2+. The first-order valence-corrected chi connectivity index (χ1v) is 14.0. The average Bonchev–Trinajstić information content (AvgIpc) is 2.93. The van der Waals surface area contributed by atoms with Crippen LogP contribution in [0.4, 0.5) is 0 Å². The van der Waals surface area contributed by atoms with Crippen LogP contribution >= 0.6 is 0 Å². The summed E-state index contributed by atoms with van der Waals surface area (Å²) in [6.07, 6.45) is 8.53. The van der Waals surface area contributed by atoms with Gasteiger partial charge in [-0.15, -0.1) is 0 Å². The second-order valence-electron chi connectivity index (χ2n) is 11.2. The minimum atomic E-state index is -0.804. The molecule has 0 aromatic carbocycles. The molecule has 0 amide bonds. The predicted octanol–water partition coefficient (Wildman–Crippen LogP) is 3.43. The van der Waals surface area contributed by atoms with Crippen LogP contribution in [-0.2, 0) is 31.5 Å². The standard InChI is InChI=1S/C31H42N6O2/c1-24(2)20-36(22-28-12-6-9-15-35(28)3)29-16-27(34-19-25-10-4-7-13-32-25)17-30(18-29)37(23-31(38)39)21-26-11-5-8-14-33-26/h4-15,24,27,29-30,34H,16-23H2,1-3H3/p+1. The molecule has 3 unspecified atom stereocenters. The zero-order valence-electron chi connectivity index (χ0n) is 23.5. The minimum absolute atomic E-state index is 0.00124. The summed E-state index contributed by atoms with van der Waals surface area (Å²) in [5.74, 6) is -0.288. The first kappa shape index (κ1) is 28.8. The summed E-state index contributed by atoms with van der Waals surface area (Å²) in [4.78, 5) is 25.7. The first-order chi connectivity index (χ1) is 18.9. The molecule has 1 fully saturated rings. The van der Waals surface area contributed by atoms with Crippen molar-refractivity contribution in [3.63, 3.8) is 0 Å². The maximum Gasteiger partial charge on any atom is 0.317 e. The van der Waals surface area contributed by atoms with Crippen LogP contribution in [-0.4, -0.2) is 62.1 Å². The van der Waals surface area contributed by atoms with Crippen molar-refractivity contribution >= 4 is 5.97 Å². The van der Waals surface area contributed by atoms with Crippen LogP contribution in [0, 0.1) is 5.92 Å². The number of nitrogens with zero attached hydrogens (tertiary/aromatic N) is 5. The lowest BCUT2D eigenvalue weighted by molar-refractivity contribution is -0.680. The van der Waals surface area contributed by atoms with Gasteiger partial charge >= 0.3 is 5.97 Å². The largest absolute Gasteiger partial charge is 0.480 e. The topological polar surface area (TPSA) is 85.5 Å². The van der Waals surface area contributed by atoms with Crippen LogP contribution < -0.4 is 9.88 Å². The highest BCUT2D eigenvalue weighted by molar-refractivity contribution is 5.69. The number of hydrogen-bond acceptors (Lipinski definition) is 6. The SMILES string of the molecule is CC(C)CN(Cc1cccc[n+]1C)C1CC(NCc2ccccn2)CC(N(CC(=O)O)Cc2ccccn2)C1. The molecule has 8 heteroatoms. The molecule has 3 heterocycles. The van der Waals surface area contributed by atoms with Gasteiger partial charge in [-0.3, -0.25) is 24.6 Å². The summed E-state index contributed by atoms with van der Waals surface area (Å²) < 4.78 is 2.20. The Bertz CT molecular complexity index is 1160. The summed E-state index contributed by atoms with van der Waals surface area (Å²) in [5.41, 5.74) is 3.19. The molecule has 3 atom stereocenters. The molecule has 3 aromatic rings. The van der Waals surface area contributed by atoms with Crippen LogP contribution in [0.5, 0.6) is 0 Å². The van der Waals surface area contributed by atoms with Gasteiger partial charge in [0.2, 0.25) is 0 Å². The summed E-state index contributed by atoms with van der Waals surface area (Å²) in [7, 11) is 2.10. The molecular weight excluding hydrogens is 488 g/mol. The normalized spacial score (nSPS) is 19.6. The van der Waals surface area contributed by atoms with Crippen molar-refractivity contribution in [3.8, 4) is 0 Å². The van der Waals surface area contributed by atoms with Gasteiger partial charge in [0.05, 0.1) is 24.5 Å². The van der Waals surface area contributed by atoms with E-state index in [2.05, 4.69) is 74.9 Å². The third kappa shape index (κ3) is 8.92. The van der Waals surface area contributed by atoms with E-state index in [1.165, 1.54) is 5.69 Å². The second-order valence-corrected chi connectivity index (χ2v) is 11.2. The number of nitrogens with one attached hydrogen (secondary N) is 1. The highest BCUT2D eigenvalue weighted by atomic mass is 16.4. The number of hydrogen-bond donors (Lipinski definition) is 2. The Hall–Kier alpha value is -3.20. The van der Waals surface area contributed by atoms with Gasteiger partial charge in [-0.25, -0.2) is 4.57 Å². The fraction of sp³-hybridized carbons (Fsp3) is 0.484. The number of carboxylic acids is 1. The third-order valence-electron chi connectivity index (χ3n) is 7.54. The van der Waals surface area contributed by atoms with Crippen LogP contribution in [0.2, 0.25) is 0 Å². The van der Waals surface area contributed by atoms with E-state index < -0.39 is 5.97 Å². The van der Waals surface area contributed by atoms with Gasteiger partial charge in [0.15, 0.2) is 11.9 Å². The number of carbonyl (C=O) groups is 1. The molecule has 0 aliphatic heterocycles. The van der Waals surface area contributed by atoms with Crippen LogP contribution in [0.25, 0.3) is 0 Å². The number of pyridine rings is 3. The Balaban J connectivity index is 1.59. The summed E-state index contributed by atoms with van der Waals surface area (Å²) >= 11 is 0. The van der Waals surface area contributed by atoms with Crippen LogP contribution in [0.1, 0.15) is 50.2 Å². The summed E-state index contributed by atoms with van der Waals surface area (Å²) in [5, 5.41) is 13.6. The molecule has 208 valence electrons. The first-order valence-electron chi connectivity index (χ1n) is 14.0. The summed E-state index contributed by atoms with van der Waals surface area (Å²) in [6, 6.07) is 18.9. The highest BCUT2D eigenvalue weighted by Gasteiger charge is 2.36. The lowest BCUT2D eigenvalue weighted by Crippen LogP contribution is -2.54. The maximum absolute atomic E-state index is 12.0. The summed E-state index contributed by atoms with van der Waals surface area (Å²) in [6.45, 7) is 7.60. The van der Waals surface area contributed by atoms with Gasteiger partial charge in [0, 0.05) is 62.3 Å². The van der Waals surface area contributed by atoms with Crippen molar-refractivity contribution < 1.29 is 14.5 Å². The predicted molar refractivity (Wildman–Crippen MR) is 151 cm³/mol. The molecule has 0 spiro atoms. The van der Waals surface area contributed by atoms with Crippen molar-refractivity contribution in [2.45, 2.75) is 70.9 Å². The number of aryl methyl sites for hydroxylation is 1. The molecule has 0 bridgehead atoms. The maximum atomic E-state index is 12.0. The Labute approximate surface area is 232 Å². The van der Waals surface area contributed by atoms with Crippen molar-refractivity contribution in [2.75, 3.05) is 13.1 Å². The molecule has 0 saturated heterocycles. The lowest BCUT2D eigenvalue weighted by atomic mass is 9.84. The Kier molecular flexibility index (Phi) is 10.5. The monoisotopic (exact) mass is 531 g/mol. The zero-order chi connectivity index (χ0) is 27.6. The van der Waals surface area contributed by atoms with Gasteiger partial charge in [0.25, 0.3) is 0 Å². The van der Waals surface area contributed by atoms with Gasteiger partial charge < -0.3 is 10.4 Å². The van der Waals surface area contributed by atoms with E-state index in [0.717, 1.165) is 43.7 Å². The van der Waals surface area contributed by atoms with Gasteiger partial charge in [-0.1, -0.05) is 32.0 Å². The molecule has 3 aromatic heterocycles. The van der Waals surface area contributed by atoms with Gasteiger partial charge in [-0.05, 0) is 49.4 Å². The van der Waals surface area contributed by atoms with Crippen LogP contribution in [0.3, 0.4) is 0 Å². The molecule has 2 N–H and O–H groups in total. The number of aromatic nitrogens is 3. The highest BCUT2D eigenvalue weighted by Crippen LogP contribution is 2.30. The van der Waals surface area contributed by atoms with E-state index in [9.17, 15) is 9.90 Å². The van der Waals surface area contributed by atoms with Gasteiger partial charge in [0.1, 0.15) is 7.05 Å². The van der Waals surface area contributed by atoms with E-state index in [-0.39, 0.29) is 18.6 Å². The van der Waals surface area contributed by atoms with Crippen molar-refractivity contribution in [1.29, 1.82) is 0 Å². The third-order valence-corrected chi connectivity index (χ3v) is 7.54. The molecule has 1 aliphatic rings. The molecule has 1 saturated carbocycles. The number of aliphatic carboxylic acids is 1. The average molecular weight is 532 g/mol. The molecule has 4 rings (SSSR count). The van der Waals surface area contributed by atoms with E-state index in [1.807, 2.05) is 42.6 Å². The van der Waals surface area contributed by atoms with E-state index in [4.69, 9.17) is 0 Å². The zero-order valence-corrected chi connectivity index (χ0v) is 23.5. The molecule has 8 nitrogen and oxygen atoms in total. The molecule has 0 radical (unpaired) electrons. The lowest BCUT2D eigenvalue weighted by Gasteiger charge is -2.44. The fourth-order valence-electron chi connectivity index (χ4n) is 5.70. The number of carboxylic acid groups (broad SMARTS) is 1. The van der Waals surface area contributed by atoms with Crippen LogP contribution in [0.15, 0.2) is 73.2 Å². The number of rotatable bonds is 13.